The van der Waals surface area contributed by atoms with Crippen molar-refractivity contribution < 1.29 is 14.3 Å². The topological polar surface area (TPSA) is 73.3 Å². The van der Waals surface area contributed by atoms with Gasteiger partial charge in [0.2, 0.25) is 0 Å². The third-order valence-corrected chi connectivity index (χ3v) is 3.08. The van der Waals surface area contributed by atoms with Gasteiger partial charge in [0.25, 0.3) is 5.91 Å². The van der Waals surface area contributed by atoms with Gasteiger partial charge in [-0.2, -0.15) is 0 Å². The molecule has 0 fully saturated rings. The van der Waals surface area contributed by atoms with Crippen LogP contribution in [0.5, 0.6) is 11.5 Å². The molecule has 0 unspecified atom stereocenters. The summed E-state index contributed by atoms with van der Waals surface area (Å²) in [5, 5.41) is 3.13. The molecule has 0 atom stereocenters. The summed E-state index contributed by atoms with van der Waals surface area (Å²) in [6.45, 7) is 0. The largest absolute Gasteiger partial charge is 0.493 e. The van der Waals surface area contributed by atoms with Gasteiger partial charge in [0.1, 0.15) is 10.8 Å². The highest BCUT2D eigenvalue weighted by molar-refractivity contribution is 6.34. The van der Waals surface area contributed by atoms with Gasteiger partial charge in [-0.1, -0.05) is 23.2 Å². The van der Waals surface area contributed by atoms with Crippen LogP contribution in [0.15, 0.2) is 24.5 Å². The summed E-state index contributed by atoms with van der Waals surface area (Å²) < 4.78 is 10.3. The number of hydrogen-bond donors (Lipinski definition) is 1. The number of anilines is 1. The average molecular weight is 328 g/mol. The zero-order valence-corrected chi connectivity index (χ0v) is 12.7. The van der Waals surface area contributed by atoms with Gasteiger partial charge in [-0.3, -0.25) is 4.79 Å². The molecule has 1 aromatic carbocycles. The average Bonchev–Trinajstić information content (AvgIpc) is 2.49. The second kappa shape index (κ2) is 6.60. The van der Waals surface area contributed by atoms with Crippen LogP contribution in [0.25, 0.3) is 0 Å². The molecular weight excluding hydrogens is 317 g/mol. The van der Waals surface area contributed by atoms with Crippen molar-refractivity contribution in [3.63, 3.8) is 0 Å². The predicted molar refractivity (Wildman–Crippen MR) is 79.6 cm³/mol. The van der Waals surface area contributed by atoms with Gasteiger partial charge in [0.15, 0.2) is 11.5 Å². The van der Waals surface area contributed by atoms with Crippen molar-refractivity contribution in [3.8, 4) is 11.5 Å². The summed E-state index contributed by atoms with van der Waals surface area (Å²) in [5.74, 6) is 0.444. The SMILES string of the molecule is COc1cc(Cl)c(NC(=O)c2cnc(Cl)cn2)cc1OC. The first kappa shape index (κ1) is 15.3. The van der Waals surface area contributed by atoms with E-state index in [4.69, 9.17) is 32.7 Å². The van der Waals surface area contributed by atoms with Crippen molar-refractivity contribution in [2.45, 2.75) is 0 Å². The van der Waals surface area contributed by atoms with Crippen molar-refractivity contribution >= 4 is 34.8 Å². The summed E-state index contributed by atoms with van der Waals surface area (Å²) in [5.41, 5.74) is 0.487. The molecule has 0 bridgehead atoms. The molecule has 0 aliphatic carbocycles. The van der Waals surface area contributed by atoms with E-state index in [2.05, 4.69) is 15.3 Å². The first-order chi connectivity index (χ1) is 10.0. The number of benzene rings is 1. The van der Waals surface area contributed by atoms with Gasteiger partial charge < -0.3 is 14.8 Å². The molecule has 0 aliphatic rings. The van der Waals surface area contributed by atoms with Gasteiger partial charge in [0, 0.05) is 12.1 Å². The zero-order valence-electron chi connectivity index (χ0n) is 11.2. The van der Waals surface area contributed by atoms with Crippen LogP contribution < -0.4 is 14.8 Å². The van der Waals surface area contributed by atoms with Gasteiger partial charge in [-0.25, -0.2) is 9.97 Å². The molecule has 6 nitrogen and oxygen atoms in total. The number of aromatic nitrogens is 2. The van der Waals surface area contributed by atoms with Crippen LogP contribution in [0, 0.1) is 0 Å². The third-order valence-electron chi connectivity index (χ3n) is 2.57. The Balaban J connectivity index is 2.26. The van der Waals surface area contributed by atoms with Gasteiger partial charge >= 0.3 is 0 Å². The Morgan fingerprint density at radius 1 is 1.10 bits per heavy atom. The summed E-state index contributed by atoms with van der Waals surface area (Å²) >= 11 is 11.7. The number of methoxy groups -OCH3 is 2. The second-order valence-electron chi connectivity index (χ2n) is 3.87. The van der Waals surface area contributed by atoms with E-state index in [1.807, 2.05) is 0 Å². The molecule has 1 amide bonds. The molecule has 1 aromatic heterocycles. The summed E-state index contributed by atoms with van der Waals surface area (Å²) in [6.07, 6.45) is 2.55. The Morgan fingerprint density at radius 2 is 1.76 bits per heavy atom. The zero-order chi connectivity index (χ0) is 15.4. The fraction of sp³-hybridized carbons (Fsp3) is 0.154. The van der Waals surface area contributed by atoms with Gasteiger partial charge in [-0.15, -0.1) is 0 Å². The molecule has 2 rings (SSSR count). The number of hydrogen-bond acceptors (Lipinski definition) is 5. The first-order valence-corrected chi connectivity index (χ1v) is 6.51. The van der Waals surface area contributed by atoms with E-state index < -0.39 is 5.91 Å². The summed E-state index contributed by atoms with van der Waals surface area (Å²) in [4.78, 5) is 19.7. The minimum Gasteiger partial charge on any atom is -0.493 e. The van der Waals surface area contributed by atoms with Crippen LogP contribution in [-0.4, -0.2) is 30.1 Å². The van der Waals surface area contributed by atoms with Gasteiger partial charge in [-0.05, 0) is 0 Å². The first-order valence-electron chi connectivity index (χ1n) is 5.75. The normalized spacial score (nSPS) is 10.1. The molecule has 0 saturated heterocycles. The Bertz CT molecular complexity index is 662. The van der Waals surface area contributed by atoms with E-state index in [1.54, 1.807) is 12.1 Å². The molecule has 8 heteroatoms. The lowest BCUT2D eigenvalue weighted by molar-refractivity contribution is 0.102. The van der Waals surface area contributed by atoms with Gasteiger partial charge in [0.05, 0.1) is 37.3 Å². The number of amides is 1. The lowest BCUT2D eigenvalue weighted by atomic mass is 10.2. The fourth-order valence-corrected chi connectivity index (χ4v) is 1.86. The molecule has 110 valence electrons. The van der Waals surface area contributed by atoms with Crippen LogP contribution in [0.3, 0.4) is 0 Å². The Kier molecular flexibility index (Phi) is 4.82. The van der Waals surface area contributed by atoms with Crippen molar-refractivity contribution in [1.82, 2.24) is 9.97 Å². The van der Waals surface area contributed by atoms with E-state index in [1.165, 1.54) is 26.6 Å². The standard InChI is InChI=1S/C13H11Cl2N3O3/c1-20-10-3-7(14)8(4-11(10)21-2)18-13(19)9-5-17-12(15)6-16-9/h3-6H,1-2H3,(H,18,19). The number of carbonyl (C=O) groups is 1. The van der Waals surface area contributed by atoms with Crippen LogP contribution >= 0.6 is 23.2 Å². The monoisotopic (exact) mass is 327 g/mol. The van der Waals surface area contributed by atoms with Crippen LogP contribution in [0.2, 0.25) is 10.2 Å². The van der Waals surface area contributed by atoms with Crippen molar-refractivity contribution in [3.05, 3.63) is 40.4 Å². The molecule has 0 radical (unpaired) electrons. The maximum absolute atomic E-state index is 12.0. The number of nitrogens with zero attached hydrogens (tertiary/aromatic N) is 2. The number of nitrogens with one attached hydrogen (secondary N) is 1. The van der Waals surface area contributed by atoms with Crippen LogP contribution in [0.4, 0.5) is 5.69 Å². The molecule has 1 heterocycles. The van der Waals surface area contributed by atoms with Crippen LogP contribution in [0.1, 0.15) is 10.5 Å². The summed E-state index contributed by atoms with van der Waals surface area (Å²) in [7, 11) is 2.98. The highest BCUT2D eigenvalue weighted by atomic mass is 35.5. The summed E-state index contributed by atoms with van der Waals surface area (Å²) in [6, 6.07) is 3.10. The highest BCUT2D eigenvalue weighted by Crippen LogP contribution is 2.36. The number of halogens is 2. The second-order valence-corrected chi connectivity index (χ2v) is 4.66. The fourth-order valence-electron chi connectivity index (χ4n) is 1.57. The maximum atomic E-state index is 12.0. The molecule has 1 N–H and O–H groups in total. The van der Waals surface area contributed by atoms with E-state index in [0.717, 1.165) is 0 Å². The van der Waals surface area contributed by atoms with Crippen LogP contribution in [-0.2, 0) is 0 Å². The molecule has 2 aromatic rings. The van der Waals surface area contributed by atoms with E-state index >= 15 is 0 Å². The van der Waals surface area contributed by atoms with Crippen molar-refractivity contribution in [2.75, 3.05) is 19.5 Å². The third kappa shape index (κ3) is 3.53. The molecule has 21 heavy (non-hydrogen) atoms. The van der Waals surface area contributed by atoms with E-state index in [9.17, 15) is 4.79 Å². The lowest BCUT2D eigenvalue weighted by Gasteiger charge is -2.12. The molecule has 0 saturated carbocycles. The van der Waals surface area contributed by atoms with E-state index in [0.29, 0.717) is 22.2 Å². The minimum absolute atomic E-state index is 0.116. The Hall–Kier alpha value is -2.05. The number of carbonyl (C=O) groups excluding carboxylic acids is 1. The van der Waals surface area contributed by atoms with Crippen molar-refractivity contribution in [2.24, 2.45) is 0 Å². The predicted octanol–water partition coefficient (Wildman–Crippen LogP) is 3.05. The molecule has 0 aliphatic heterocycles. The molecular formula is C13H11Cl2N3O3. The quantitative estimate of drug-likeness (QED) is 0.934. The highest BCUT2D eigenvalue weighted by Gasteiger charge is 2.14. The van der Waals surface area contributed by atoms with E-state index in [-0.39, 0.29) is 10.8 Å². The molecule has 0 spiro atoms. The Labute approximate surface area is 131 Å². The maximum Gasteiger partial charge on any atom is 0.275 e. The smallest absolute Gasteiger partial charge is 0.275 e. The number of rotatable bonds is 4. The minimum atomic E-state index is -0.465. The van der Waals surface area contributed by atoms with Crippen molar-refractivity contribution in [1.29, 1.82) is 0 Å². The number of ether oxygens (including phenoxy) is 2. The lowest BCUT2D eigenvalue weighted by Crippen LogP contribution is -2.14. The Morgan fingerprint density at radius 3 is 2.33 bits per heavy atom.